The van der Waals surface area contributed by atoms with E-state index in [0.29, 0.717) is 5.82 Å². The SMILES string of the molecule is Fc1cccc(F)c1Nc1cc(Nc2ccc(Br)cc2)ncn1. The fraction of sp³-hybridized carbons (Fsp3) is 0. The van der Waals surface area contributed by atoms with E-state index in [1.165, 1.54) is 24.5 Å². The number of aromatic nitrogens is 2. The molecule has 0 aliphatic carbocycles. The molecule has 0 saturated heterocycles. The minimum atomic E-state index is -0.689. The Labute approximate surface area is 139 Å². The molecule has 0 spiro atoms. The second kappa shape index (κ2) is 6.70. The fourth-order valence-corrected chi connectivity index (χ4v) is 2.18. The van der Waals surface area contributed by atoms with Gasteiger partial charge in [-0.3, -0.25) is 0 Å². The van der Waals surface area contributed by atoms with Gasteiger partial charge < -0.3 is 10.6 Å². The van der Waals surface area contributed by atoms with Gasteiger partial charge in [0.05, 0.1) is 0 Å². The summed E-state index contributed by atoms with van der Waals surface area (Å²) in [4.78, 5) is 8.05. The van der Waals surface area contributed by atoms with Gasteiger partial charge in [0.2, 0.25) is 0 Å². The van der Waals surface area contributed by atoms with Crippen LogP contribution in [-0.4, -0.2) is 9.97 Å². The number of halogens is 3. The Morgan fingerprint density at radius 2 is 1.43 bits per heavy atom. The molecule has 0 aliphatic heterocycles. The van der Waals surface area contributed by atoms with E-state index >= 15 is 0 Å². The number of nitrogens with one attached hydrogen (secondary N) is 2. The van der Waals surface area contributed by atoms with E-state index in [2.05, 4.69) is 36.5 Å². The molecule has 116 valence electrons. The van der Waals surface area contributed by atoms with Gasteiger partial charge in [-0.1, -0.05) is 22.0 Å². The van der Waals surface area contributed by atoms with Crippen molar-refractivity contribution >= 4 is 38.9 Å². The van der Waals surface area contributed by atoms with Crippen molar-refractivity contribution in [1.29, 1.82) is 0 Å². The Morgan fingerprint density at radius 1 is 0.826 bits per heavy atom. The van der Waals surface area contributed by atoms with E-state index in [-0.39, 0.29) is 11.5 Å². The second-order valence-electron chi connectivity index (χ2n) is 4.64. The molecule has 3 rings (SSSR count). The Balaban J connectivity index is 1.81. The summed E-state index contributed by atoms with van der Waals surface area (Å²) in [6, 6.07) is 12.7. The van der Waals surface area contributed by atoms with Crippen LogP contribution >= 0.6 is 15.9 Å². The molecule has 0 amide bonds. The predicted molar refractivity (Wildman–Crippen MR) is 89.1 cm³/mol. The topological polar surface area (TPSA) is 49.8 Å². The van der Waals surface area contributed by atoms with Gasteiger partial charge in [0.15, 0.2) is 0 Å². The van der Waals surface area contributed by atoms with Gasteiger partial charge >= 0.3 is 0 Å². The molecule has 0 fully saturated rings. The predicted octanol–water partition coefficient (Wildman–Crippen LogP) is 5.00. The first-order valence-electron chi connectivity index (χ1n) is 6.67. The Morgan fingerprint density at radius 3 is 2.09 bits per heavy atom. The van der Waals surface area contributed by atoms with E-state index < -0.39 is 11.6 Å². The number of nitrogens with zero attached hydrogens (tertiary/aromatic N) is 2. The molecule has 23 heavy (non-hydrogen) atoms. The monoisotopic (exact) mass is 376 g/mol. The molecule has 0 bridgehead atoms. The largest absolute Gasteiger partial charge is 0.340 e. The van der Waals surface area contributed by atoms with Gasteiger partial charge in [0.1, 0.15) is 35.3 Å². The molecular weight excluding hydrogens is 366 g/mol. The summed E-state index contributed by atoms with van der Waals surface area (Å²) in [5.41, 5.74) is 0.579. The summed E-state index contributed by atoms with van der Waals surface area (Å²) in [6.45, 7) is 0. The van der Waals surface area contributed by atoms with Crippen LogP contribution in [0.25, 0.3) is 0 Å². The number of anilines is 4. The van der Waals surface area contributed by atoms with Crippen molar-refractivity contribution in [2.24, 2.45) is 0 Å². The number of benzene rings is 2. The van der Waals surface area contributed by atoms with E-state index in [1.54, 1.807) is 6.07 Å². The highest BCUT2D eigenvalue weighted by atomic mass is 79.9. The number of rotatable bonds is 4. The van der Waals surface area contributed by atoms with E-state index in [1.807, 2.05) is 24.3 Å². The zero-order valence-electron chi connectivity index (χ0n) is 11.7. The first kappa shape index (κ1) is 15.4. The van der Waals surface area contributed by atoms with Crippen LogP contribution in [0, 0.1) is 11.6 Å². The van der Waals surface area contributed by atoms with Gasteiger partial charge in [-0.05, 0) is 36.4 Å². The summed E-state index contributed by atoms with van der Waals surface area (Å²) < 4.78 is 28.3. The average Bonchev–Trinajstić information content (AvgIpc) is 2.54. The van der Waals surface area contributed by atoms with Crippen molar-refractivity contribution in [3.8, 4) is 0 Å². The lowest BCUT2D eigenvalue weighted by Gasteiger charge is -2.10. The van der Waals surface area contributed by atoms with Crippen LogP contribution in [0.15, 0.2) is 59.3 Å². The van der Waals surface area contributed by atoms with E-state index in [4.69, 9.17) is 0 Å². The number of para-hydroxylation sites is 1. The number of hydrogen-bond donors (Lipinski definition) is 2. The average molecular weight is 377 g/mol. The summed E-state index contributed by atoms with van der Waals surface area (Å²) in [6.07, 6.45) is 1.31. The fourth-order valence-electron chi connectivity index (χ4n) is 1.92. The van der Waals surface area contributed by atoms with Gasteiger partial charge in [0, 0.05) is 16.2 Å². The molecule has 7 heteroatoms. The van der Waals surface area contributed by atoms with Crippen LogP contribution < -0.4 is 10.6 Å². The maximum atomic E-state index is 13.7. The van der Waals surface area contributed by atoms with Crippen LogP contribution in [0.4, 0.5) is 31.8 Å². The van der Waals surface area contributed by atoms with Crippen molar-refractivity contribution in [1.82, 2.24) is 9.97 Å². The highest BCUT2D eigenvalue weighted by Crippen LogP contribution is 2.24. The summed E-state index contributed by atoms with van der Waals surface area (Å²) in [5, 5.41) is 5.71. The highest BCUT2D eigenvalue weighted by molar-refractivity contribution is 9.10. The van der Waals surface area contributed by atoms with Gasteiger partial charge in [-0.25, -0.2) is 18.7 Å². The van der Waals surface area contributed by atoms with Gasteiger partial charge in [-0.15, -0.1) is 0 Å². The molecule has 3 aromatic rings. The summed E-state index contributed by atoms with van der Waals surface area (Å²) >= 11 is 3.36. The quantitative estimate of drug-likeness (QED) is 0.672. The van der Waals surface area contributed by atoms with Crippen molar-refractivity contribution in [3.63, 3.8) is 0 Å². The molecule has 0 saturated carbocycles. The van der Waals surface area contributed by atoms with Gasteiger partial charge in [0.25, 0.3) is 0 Å². The third-order valence-electron chi connectivity index (χ3n) is 3.00. The number of hydrogen-bond acceptors (Lipinski definition) is 4. The van der Waals surface area contributed by atoms with Crippen molar-refractivity contribution in [2.45, 2.75) is 0 Å². The van der Waals surface area contributed by atoms with Crippen LogP contribution in [0.5, 0.6) is 0 Å². The third-order valence-corrected chi connectivity index (χ3v) is 3.53. The zero-order chi connectivity index (χ0) is 16.2. The second-order valence-corrected chi connectivity index (χ2v) is 5.56. The molecule has 2 aromatic carbocycles. The van der Waals surface area contributed by atoms with Crippen LogP contribution in [-0.2, 0) is 0 Å². The summed E-state index contributed by atoms with van der Waals surface area (Å²) in [5.74, 6) is -0.595. The lowest BCUT2D eigenvalue weighted by Crippen LogP contribution is -2.01. The van der Waals surface area contributed by atoms with Crippen molar-refractivity contribution < 1.29 is 8.78 Å². The van der Waals surface area contributed by atoms with E-state index in [9.17, 15) is 8.78 Å². The molecule has 0 atom stereocenters. The maximum absolute atomic E-state index is 13.7. The van der Waals surface area contributed by atoms with Crippen LogP contribution in [0.3, 0.4) is 0 Å². The lowest BCUT2D eigenvalue weighted by atomic mass is 10.3. The molecule has 2 N–H and O–H groups in total. The molecular formula is C16H11BrF2N4. The Kier molecular flexibility index (Phi) is 4.47. The van der Waals surface area contributed by atoms with E-state index in [0.717, 1.165) is 10.2 Å². The molecule has 4 nitrogen and oxygen atoms in total. The molecule has 0 radical (unpaired) electrons. The molecule has 1 aromatic heterocycles. The third kappa shape index (κ3) is 3.81. The van der Waals surface area contributed by atoms with Crippen LogP contribution in [0.1, 0.15) is 0 Å². The van der Waals surface area contributed by atoms with Gasteiger partial charge in [-0.2, -0.15) is 0 Å². The summed E-state index contributed by atoms with van der Waals surface area (Å²) in [7, 11) is 0. The zero-order valence-corrected chi connectivity index (χ0v) is 13.3. The Hall–Kier alpha value is -2.54. The standard InChI is InChI=1S/C16H11BrF2N4/c17-10-4-6-11(7-5-10)22-14-8-15(21-9-20-14)23-16-12(18)2-1-3-13(16)19/h1-9H,(H2,20,21,22,23). The van der Waals surface area contributed by atoms with Crippen molar-refractivity contribution in [3.05, 3.63) is 71.0 Å². The Bertz CT molecular complexity index is 804. The molecule has 0 aliphatic rings. The highest BCUT2D eigenvalue weighted by Gasteiger charge is 2.09. The maximum Gasteiger partial charge on any atom is 0.149 e. The lowest BCUT2D eigenvalue weighted by molar-refractivity contribution is 0.590. The molecule has 0 unspecified atom stereocenters. The van der Waals surface area contributed by atoms with Crippen molar-refractivity contribution in [2.75, 3.05) is 10.6 Å². The normalized spacial score (nSPS) is 10.4. The smallest absolute Gasteiger partial charge is 0.149 e. The molecule has 1 heterocycles. The minimum absolute atomic E-state index is 0.249. The van der Waals surface area contributed by atoms with Crippen LogP contribution in [0.2, 0.25) is 0 Å². The minimum Gasteiger partial charge on any atom is -0.340 e. The first-order chi connectivity index (χ1) is 11.1. The first-order valence-corrected chi connectivity index (χ1v) is 7.47.